The molecule has 0 heterocycles. The minimum absolute atomic E-state index is 0.0982. The molecule has 0 amide bonds. The third-order valence-corrected chi connectivity index (χ3v) is 2.98. The van der Waals surface area contributed by atoms with Crippen molar-refractivity contribution in [3.05, 3.63) is 0 Å². The molecule has 0 aliphatic rings. The molecule has 8 heteroatoms. The van der Waals surface area contributed by atoms with E-state index < -0.39 is 9.05 Å². The van der Waals surface area contributed by atoms with E-state index in [1.807, 2.05) is 20.8 Å². The van der Waals surface area contributed by atoms with Crippen molar-refractivity contribution in [1.29, 1.82) is 0 Å². The van der Waals surface area contributed by atoms with E-state index in [1.165, 1.54) is 0 Å². The molecule has 0 aliphatic heterocycles. The smallest absolute Gasteiger partial charge is 0.347 e. The summed E-state index contributed by atoms with van der Waals surface area (Å²) in [5, 5.41) is 0. The quantitative estimate of drug-likeness (QED) is 0.329. The second-order valence-electron chi connectivity index (χ2n) is 4.82. The molecule has 0 aromatic heterocycles. The van der Waals surface area contributed by atoms with Crippen LogP contribution >= 0.6 is 0 Å². The first-order valence-electron chi connectivity index (χ1n) is 6.45. The highest BCUT2D eigenvalue weighted by Crippen LogP contribution is 2.20. The van der Waals surface area contributed by atoms with Crippen LogP contribution in [0.4, 0.5) is 0 Å². The first-order valence-corrected chi connectivity index (χ1v) is 8.08. The molecule has 0 aromatic carbocycles. The van der Waals surface area contributed by atoms with Crippen LogP contribution in [0.5, 0.6) is 0 Å². The molecule has 0 aromatic rings. The van der Waals surface area contributed by atoms with Crippen molar-refractivity contribution in [3.63, 3.8) is 0 Å². The zero-order valence-corrected chi connectivity index (χ0v) is 13.7. The van der Waals surface area contributed by atoms with Crippen LogP contribution in [0, 0.1) is 5.41 Å². The highest BCUT2D eigenvalue weighted by Gasteiger charge is 2.53. The van der Waals surface area contributed by atoms with Crippen LogP contribution in [-0.2, 0) is 32.8 Å². The van der Waals surface area contributed by atoms with Gasteiger partial charge < -0.3 is 4.43 Å². The molecule has 0 saturated carbocycles. The summed E-state index contributed by atoms with van der Waals surface area (Å²) in [4.78, 5) is 14.7. The van der Waals surface area contributed by atoms with Gasteiger partial charge in [0.05, 0.1) is 19.8 Å². The lowest BCUT2D eigenvalue weighted by Crippen LogP contribution is -2.50. The maximum absolute atomic E-state index is 5.60. The summed E-state index contributed by atoms with van der Waals surface area (Å²) in [5.74, 6) is 0. The topological polar surface area (TPSA) is 64.6 Å². The minimum atomic E-state index is -3.63. The van der Waals surface area contributed by atoms with Crippen LogP contribution in [0.3, 0.4) is 0 Å². The van der Waals surface area contributed by atoms with E-state index >= 15 is 0 Å². The minimum Gasteiger partial charge on any atom is -0.347 e. The molecule has 0 unspecified atom stereocenters. The molecule has 0 fully saturated rings. The maximum Gasteiger partial charge on any atom is 0.764 e. The number of hydrogen-bond acceptors (Lipinski definition) is 7. The van der Waals surface area contributed by atoms with Crippen molar-refractivity contribution in [3.8, 4) is 0 Å². The van der Waals surface area contributed by atoms with Crippen molar-refractivity contribution in [2.75, 3.05) is 26.4 Å². The van der Waals surface area contributed by atoms with E-state index in [2.05, 4.69) is 0 Å². The molecular formula is C11H26O7Si. The fourth-order valence-electron chi connectivity index (χ4n) is 0.812. The van der Waals surface area contributed by atoms with E-state index in [1.54, 1.807) is 20.8 Å². The highest BCUT2D eigenvalue weighted by molar-refractivity contribution is 6.52. The Bertz CT molecular complexity index is 198. The summed E-state index contributed by atoms with van der Waals surface area (Å²) < 4.78 is 20.9. The Balaban J connectivity index is 4.66. The number of rotatable bonds is 11. The average molecular weight is 298 g/mol. The molecule has 19 heavy (non-hydrogen) atoms. The van der Waals surface area contributed by atoms with Crippen LogP contribution < -0.4 is 0 Å². The standard InChI is InChI=1S/C11H26O7Si/c1-7-12-16-19(17-13-8-2,18-14-9-3)15-10-11(4,5)6/h7-10H2,1-6H3. The van der Waals surface area contributed by atoms with Gasteiger partial charge in [-0.05, 0) is 26.2 Å². The Morgan fingerprint density at radius 3 is 1.37 bits per heavy atom. The van der Waals surface area contributed by atoms with Gasteiger partial charge in [-0.2, -0.15) is 13.7 Å². The van der Waals surface area contributed by atoms with Gasteiger partial charge in [0.25, 0.3) is 0 Å². The molecule has 0 radical (unpaired) electrons. The Morgan fingerprint density at radius 2 is 1.11 bits per heavy atom. The van der Waals surface area contributed by atoms with E-state index in [0.717, 1.165) is 0 Å². The lowest BCUT2D eigenvalue weighted by Gasteiger charge is -2.27. The fourth-order valence-corrected chi connectivity index (χ4v) is 2.44. The van der Waals surface area contributed by atoms with Gasteiger partial charge >= 0.3 is 9.05 Å². The van der Waals surface area contributed by atoms with E-state index in [9.17, 15) is 0 Å². The third kappa shape index (κ3) is 9.47. The monoisotopic (exact) mass is 298 g/mol. The highest BCUT2D eigenvalue weighted by atomic mass is 28.4. The second-order valence-corrected chi connectivity index (χ2v) is 6.61. The van der Waals surface area contributed by atoms with Gasteiger partial charge in [-0.15, -0.1) is 0 Å². The lowest BCUT2D eigenvalue weighted by atomic mass is 9.99. The average Bonchev–Trinajstić information content (AvgIpc) is 2.36. The molecule has 7 nitrogen and oxygen atoms in total. The molecule has 0 spiro atoms. The van der Waals surface area contributed by atoms with Gasteiger partial charge in [-0.3, -0.25) is 0 Å². The van der Waals surface area contributed by atoms with Gasteiger partial charge in [-0.25, -0.2) is 14.7 Å². The molecule has 0 saturated heterocycles. The van der Waals surface area contributed by atoms with E-state index in [0.29, 0.717) is 26.4 Å². The summed E-state index contributed by atoms with van der Waals surface area (Å²) in [6.45, 7) is 12.6. The first kappa shape index (κ1) is 18.9. The lowest BCUT2D eigenvalue weighted by molar-refractivity contribution is -0.386. The summed E-state index contributed by atoms with van der Waals surface area (Å²) in [6.07, 6.45) is 0. The zero-order chi connectivity index (χ0) is 14.8. The molecule has 0 bridgehead atoms. The largest absolute Gasteiger partial charge is 0.764 e. The first-order chi connectivity index (χ1) is 8.89. The van der Waals surface area contributed by atoms with Crippen molar-refractivity contribution in [2.45, 2.75) is 41.5 Å². The van der Waals surface area contributed by atoms with Gasteiger partial charge in [0.2, 0.25) is 0 Å². The molecular weight excluding hydrogens is 272 g/mol. The molecule has 0 rings (SSSR count). The molecule has 116 valence electrons. The van der Waals surface area contributed by atoms with Gasteiger partial charge in [0.1, 0.15) is 0 Å². The predicted octanol–water partition coefficient (Wildman–Crippen LogP) is 2.39. The maximum atomic E-state index is 5.60. The van der Waals surface area contributed by atoms with Crippen molar-refractivity contribution in [2.24, 2.45) is 5.41 Å². The van der Waals surface area contributed by atoms with Gasteiger partial charge in [-0.1, -0.05) is 20.8 Å². The normalized spacial score (nSPS) is 12.9. The second kappa shape index (κ2) is 9.78. The predicted molar refractivity (Wildman–Crippen MR) is 69.3 cm³/mol. The Labute approximate surface area is 116 Å². The number of hydrogen-bond donors (Lipinski definition) is 0. The van der Waals surface area contributed by atoms with Gasteiger partial charge in [0, 0.05) is 6.61 Å². The Hall–Kier alpha value is -0.0631. The SMILES string of the molecule is CCOO[Si](OCC(C)(C)C)(OOCC)OOCC. The van der Waals surface area contributed by atoms with Crippen LogP contribution in [0.2, 0.25) is 0 Å². The van der Waals surface area contributed by atoms with Crippen molar-refractivity contribution in [1.82, 2.24) is 0 Å². The van der Waals surface area contributed by atoms with E-state index in [4.69, 9.17) is 32.8 Å². The van der Waals surface area contributed by atoms with Crippen LogP contribution in [0.25, 0.3) is 0 Å². The Kier molecular flexibility index (Phi) is 9.75. The molecule has 0 aliphatic carbocycles. The Morgan fingerprint density at radius 1 is 0.737 bits per heavy atom. The summed E-state index contributed by atoms with van der Waals surface area (Å²) >= 11 is 0. The molecule has 0 atom stereocenters. The summed E-state index contributed by atoms with van der Waals surface area (Å²) in [7, 11) is -3.63. The summed E-state index contributed by atoms with van der Waals surface area (Å²) in [5.41, 5.74) is -0.0982. The van der Waals surface area contributed by atoms with Crippen LogP contribution in [0.15, 0.2) is 0 Å². The fraction of sp³-hybridized carbons (Fsp3) is 1.00. The molecule has 0 N–H and O–H groups in total. The zero-order valence-electron chi connectivity index (χ0n) is 12.7. The third-order valence-electron chi connectivity index (χ3n) is 1.52. The summed E-state index contributed by atoms with van der Waals surface area (Å²) in [6, 6.07) is 0. The van der Waals surface area contributed by atoms with Crippen molar-refractivity contribution < 1.29 is 32.8 Å². The van der Waals surface area contributed by atoms with E-state index in [-0.39, 0.29) is 5.41 Å². The van der Waals surface area contributed by atoms with Crippen LogP contribution in [-0.4, -0.2) is 35.5 Å². The van der Waals surface area contributed by atoms with Crippen LogP contribution in [0.1, 0.15) is 41.5 Å². The van der Waals surface area contributed by atoms with Gasteiger partial charge in [0.15, 0.2) is 0 Å². The van der Waals surface area contributed by atoms with Crippen molar-refractivity contribution >= 4 is 9.05 Å².